The van der Waals surface area contributed by atoms with Gasteiger partial charge in [0.1, 0.15) is 35.7 Å². The largest absolute Gasteiger partial charge is 0.444 e. The maximum atomic E-state index is 14.2. The average Bonchev–Trinajstić information content (AvgIpc) is 3.62. The molecule has 3 aromatic rings. The number of hydrogen-bond donors (Lipinski definition) is 1. The second-order valence-corrected chi connectivity index (χ2v) is 14.4. The minimum Gasteiger partial charge on any atom is -0.444 e. The van der Waals surface area contributed by atoms with Crippen molar-refractivity contribution in [2.24, 2.45) is 0 Å². The molecule has 2 amide bonds. The summed E-state index contributed by atoms with van der Waals surface area (Å²) in [6.45, 7) is 11.1. The highest BCUT2D eigenvalue weighted by molar-refractivity contribution is 8.13. The van der Waals surface area contributed by atoms with Crippen LogP contribution in [0.15, 0.2) is 36.7 Å². The van der Waals surface area contributed by atoms with Gasteiger partial charge in [-0.3, -0.25) is 14.5 Å². The van der Waals surface area contributed by atoms with E-state index in [1.165, 1.54) is 13.3 Å². The van der Waals surface area contributed by atoms with Crippen molar-refractivity contribution < 1.29 is 33.3 Å². The molecule has 2 unspecified atom stereocenters. The molecule has 14 heteroatoms. The number of rotatable bonds is 6. The molecule has 3 aliphatic heterocycles. The van der Waals surface area contributed by atoms with Crippen LogP contribution in [0.5, 0.6) is 0 Å². The fraction of sp³-hybridized carbons (Fsp3) is 0.562. The van der Waals surface area contributed by atoms with Gasteiger partial charge in [0.15, 0.2) is 28.5 Å². The molecular formula is C32H40N6O7S. The van der Waals surface area contributed by atoms with Gasteiger partial charge >= 0.3 is 6.09 Å². The number of aromatic nitrogens is 4. The maximum absolute atomic E-state index is 14.2. The highest BCUT2D eigenvalue weighted by Gasteiger charge is 2.61. The Balaban J connectivity index is 1.52. The SMILES string of the molecule is CC(=O)SC[C@@H]1[C@@H]2OC(C)(C)OC2[C@H](c2c3ncnc(NC(=O)c4ccccc4)c3nn2C2CCCCO2)N1C(=O)OC(C)(C)C. The predicted octanol–water partition coefficient (Wildman–Crippen LogP) is 5.24. The van der Waals surface area contributed by atoms with Crippen molar-refractivity contribution in [3.63, 3.8) is 0 Å². The molecule has 0 spiro atoms. The number of hydrogen-bond acceptors (Lipinski definition) is 11. The summed E-state index contributed by atoms with van der Waals surface area (Å²) in [5, 5.41) is 7.77. The predicted molar refractivity (Wildman–Crippen MR) is 170 cm³/mol. The van der Waals surface area contributed by atoms with Crippen LogP contribution in [-0.4, -0.2) is 83.8 Å². The molecule has 1 N–H and O–H groups in total. The molecule has 1 aromatic carbocycles. The maximum Gasteiger partial charge on any atom is 0.411 e. The van der Waals surface area contributed by atoms with E-state index in [0.29, 0.717) is 35.3 Å². The molecule has 3 aliphatic rings. The molecule has 0 bridgehead atoms. The molecule has 0 saturated carbocycles. The Morgan fingerprint density at radius 1 is 1.07 bits per heavy atom. The fourth-order valence-corrected chi connectivity index (χ4v) is 7.07. The van der Waals surface area contributed by atoms with E-state index in [1.807, 2.05) is 19.9 Å². The van der Waals surface area contributed by atoms with E-state index in [2.05, 4.69) is 15.3 Å². The van der Waals surface area contributed by atoms with Crippen LogP contribution >= 0.6 is 11.8 Å². The van der Waals surface area contributed by atoms with Crippen LogP contribution in [0.4, 0.5) is 10.6 Å². The van der Waals surface area contributed by atoms with Crippen LogP contribution in [0.3, 0.4) is 0 Å². The lowest BCUT2D eigenvalue weighted by molar-refractivity contribution is -0.166. The van der Waals surface area contributed by atoms with Crippen LogP contribution in [0.25, 0.3) is 11.0 Å². The summed E-state index contributed by atoms with van der Waals surface area (Å²) < 4.78 is 26.9. The number of carbonyl (C=O) groups is 3. The number of carbonyl (C=O) groups excluding carboxylic acids is 3. The zero-order valence-corrected chi connectivity index (χ0v) is 27.7. The summed E-state index contributed by atoms with van der Waals surface area (Å²) in [7, 11) is 0. The summed E-state index contributed by atoms with van der Waals surface area (Å²) in [6.07, 6.45) is 1.60. The lowest BCUT2D eigenvalue weighted by atomic mass is 10.0. The smallest absolute Gasteiger partial charge is 0.411 e. The summed E-state index contributed by atoms with van der Waals surface area (Å²) in [5.74, 6) is -0.818. The van der Waals surface area contributed by atoms with Crippen molar-refractivity contribution in [1.29, 1.82) is 0 Å². The minimum absolute atomic E-state index is 0.0834. The van der Waals surface area contributed by atoms with Gasteiger partial charge in [0.25, 0.3) is 5.91 Å². The van der Waals surface area contributed by atoms with E-state index in [9.17, 15) is 14.4 Å². The van der Waals surface area contributed by atoms with Crippen LogP contribution in [0, 0.1) is 0 Å². The van der Waals surface area contributed by atoms with Gasteiger partial charge < -0.3 is 24.3 Å². The van der Waals surface area contributed by atoms with E-state index in [-0.39, 0.29) is 22.6 Å². The molecule has 5 atom stereocenters. The normalized spacial score (nSPS) is 25.8. The lowest BCUT2D eigenvalue weighted by Gasteiger charge is -2.36. The Morgan fingerprint density at radius 2 is 1.80 bits per heavy atom. The highest BCUT2D eigenvalue weighted by Crippen LogP contribution is 2.50. The quantitative estimate of drug-likeness (QED) is 0.373. The van der Waals surface area contributed by atoms with Gasteiger partial charge in [0, 0.05) is 24.8 Å². The molecule has 2 aromatic heterocycles. The monoisotopic (exact) mass is 652 g/mol. The zero-order chi connectivity index (χ0) is 32.8. The minimum atomic E-state index is -0.960. The second-order valence-electron chi connectivity index (χ2n) is 13.2. The van der Waals surface area contributed by atoms with Crippen molar-refractivity contribution >= 4 is 45.7 Å². The Morgan fingerprint density at radius 3 is 2.48 bits per heavy atom. The van der Waals surface area contributed by atoms with Crippen LogP contribution in [0.1, 0.15) is 89.1 Å². The average molecular weight is 653 g/mol. The zero-order valence-electron chi connectivity index (χ0n) is 26.9. The molecule has 246 valence electrons. The molecule has 3 fully saturated rings. The van der Waals surface area contributed by atoms with Crippen molar-refractivity contribution in [2.45, 2.75) is 103 Å². The summed E-state index contributed by atoms with van der Waals surface area (Å²) in [6, 6.07) is 7.46. The first kappa shape index (κ1) is 32.4. The van der Waals surface area contributed by atoms with Crippen LogP contribution in [-0.2, 0) is 23.7 Å². The lowest BCUT2D eigenvalue weighted by Crippen LogP contribution is -2.47. The molecule has 3 saturated heterocycles. The van der Waals surface area contributed by atoms with Gasteiger partial charge in [-0.2, -0.15) is 5.10 Å². The number of ether oxygens (including phenoxy) is 4. The first-order chi connectivity index (χ1) is 21.8. The highest BCUT2D eigenvalue weighted by atomic mass is 32.2. The van der Waals surface area contributed by atoms with Crippen molar-refractivity contribution in [2.75, 3.05) is 17.7 Å². The Hall–Kier alpha value is -3.59. The summed E-state index contributed by atoms with van der Waals surface area (Å²) >= 11 is 1.11. The summed E-state index contributed by atoms with van der Waals surface area (Å²) in [4.78, 5) is 50.2. The van der Waals surface area contributed by atoms with Gasteiger partial charge in [-0.15, -0.1) is 0 Å². The van der Waals surface area contributed by atoms with Gasteiger partial charge in [0.2, 0.25) is 0 Å². The first-order valence-corrected chi connectivity index (χ1v) is 16.5. The van der Waals surface area contributed by atoms with Gasteiger partial charge in [-0.25, -0.2) is 19.4 Å². The van der Waals surface area contributed by atoms with E-state index < -0.39 is 48.0 Å². The van der Waals surface area contributed by atoms with Crippen LogP contribution in [0.2, 0.25) is 0 Å². The van der Waals surface area contributed by atoms with E-state index >= 15 is 0 Å². The van der Waals surface area contributed by atoms with Gasteiger partial charge in [-0.1, -0.05) is 30.0 Å². The number of nitrogens with zero attached hydrogens (tertiary/aromatic N) is 5. The molecule has 5 heterocycles. The third-order valence-electron chi connectivity index (χ3n) is 8.07. The molecule has 0 aliphatic carbocycles. The van der Waals surface area contributed by atoms with E-state index in [4.69, 9.17) is 24.0 Å². The van der Waals surface area contributed by atoms with Crippen molar-refractivity contribution in [3.8, 4) is 0 Å². The Labute approximate surface area is 271 Å². The first-order valence-electron chi connectivity index (χ1n) is 15.5. The van der Waals surface area contributed by atoms with Crippen molar-refractivity contribution in [3.05, 3.63) is 47.9 Å². The number of anilines is 1. The van der Waals surface area contributed by atoms with E-state index in [0.717, 1.165) is 24.6 Å². The number of amides is 2. The van der Waals surface area contributed by atoms with Crippen LogP contribution < -0.4 is 5.32 Å². The number of thioether (sulfide) groups is 1. The third-order valence-corrected chi connectivity index (χ3v) is 8.98. The standard InChI is InChI=1S/C32H40N6O7S/c1-18(39)46-16-20-26-27(44-32(5,6)43-26)25(37(20)30(41)45-31(2,3)4)24-22-23(36-38(24)21-14-10-11-15-42-21)28(34-17-33-22)35-29(40)19-12-8-7-9-13-19/h7-9,12-13,17,20-21,25-27H,10-11,14-16H2,1-6H3,(H,33,34,35,40)/t20-,21?,25+,26+,27?/m1/s1. The second kappa shape index (κ2) is 12.5. The van der Waals surface area contributed by atoms with Gasteiger partial charge in [0.05, 0.1) is 11.7 Å². The molecule has 0 radical (unpaired) electrons. The summed E-state index contributed by atoms with van der Waals surface area (Å²) in [5.41, 5.74) is 0.986. The molecule has 13 nitrogen and oxygen atoms in total. The molecular weight excluding hydrogens is 612 g/mol. The fourth-order valence-electron chi connectivity index (χ4n) is 6.31. The topological polar surface area (TPSA) is 147 Å². The molecule has 46 heavy (non-hydrogen) atoms. The number of benzene rings is 1. The Kier molecular flexibility index (Phi) is 8.83. The van der Waals surface area contributed by atoms with E-state index in [1.54, 1.807) is 54.6 Å². The number of fused-ring (bicyclic) bond motifs is 2. The third kappa shape index (κ3) is 6.48. The Bertz CT molecular complexity index is 1620. The van der Waals surface area contributed by atoms with Gasteiger partial charge in [-0.05, 0) is 66.0 Å². The van der Waals surface area contributed by atoms with Crippen molar-refractivity contribution in [1.82, 2.24) is 24.6 Å². The molecule has 6 rings (SSSR count). The number of likely N-dealkylation sites (tertiary alicyclic amines) is 1. The number of nitrogens with one attached hydrogen (secondary N) is 1.